The average molecular weight is 163 g/mol. The van der Waals surface area contributed by atoms with Gasteiger partial charge in [0.2, 0.25) is 0 Å². The van der Waals surface area contributed by atoms with Crippen molar-refractivity contribution in [2.45, 2.75) is 27.3 Å². The van der Waals surface area contributed by atoms with E-state index in [9.17, 15) is 0 Å². The molecule has 1 N–H and O–H groups in total. The Morgan fingerprint density at radius 3 is 2.67 bits per heavy atom. The van der Waals surface area contributed by atoms with Gasteiger partial charge in [-0.05, 0) is 37.1 Å². The smallest absolute Gasteiger partial charge is 0.0208 e. The minimum absolute atomic E-state index is 0.990. The van der Waals surface area contributed by atoms with Crippen molar-refractivity contribution >= 4 is 0 Å². The Kier molecular flexibility index (Phi) is 3.30. The number of rotatable bonds is 3. The van der Waals surface area contributed by atoms with Crippen molar-refractivity contribution in [2.75, 3.05) is 6.54 Å². The van der Waals surface area contributed by atoms with Gasteiger partial charge < -0.3 is 5.32 Å². The molecule has 1 aromatic carbocycles. The highest BCUT2D eigenvalue weighted by Gasteiger charge is 1.98. The molecule has 0 unspecified atom stereocenters. The second-order valence-corrected chi connectivity index (χ2v) is 3.14. The number of hydrogen-bond acceptors (Lipinski definition) is 1. The summed E-state index contributed by atoms with van der Waals surface area (Å²) in [4.78, 5) is 0. The highest BCUT2D eigenvalue weighted by atomic mass is 14.8. The molecular formula is C11H17N. The number of benzene rings is 1. The second-order valence-electron chi connectivity index (χ2n) is 3.14. The lowest BCUT2D eigenvalue weighted by atomic mass is 10.0. The van der Waals surface area contributed by atoms with Gasteiger partial charge in [-0.2, -0.15) is 0 Å². The van der Waals surface area contributed by atoms with E-state index in [1.54, 1.807) is 0 Å². The van der Waals surface area contributed by atoms with Crippen molar-refractivity contribution < 1.29 is 0 Å². The molecule has 0 amide bonds. The van der Waals surface area contributed by atoms with Crippen LogP contribution in [0.4, 0.5) is 0 Å². The molecule has 0 spiro atoms. The molecule has 0 fully saturated rings. The van der Waals surface area contributed by atoms with Gasteiger partial charge in [0.15, 0.2) is 0 Å². The zero-order chi connectivity index (χ0) is 8.97. The van der Waals surface area contributed by atoms with E-state index in [0.29, 0.717) is 0 Å². The maximum absolute atomic E-state index is 3.33. The number of hydrogen-bond donors (Lipinski definition) is 1. The molecule has 1 heteroatoms. The summed E-state index contributed by atoms with van der Waals surface area (Å²) in [5.74, 6) is 0. The zero-order valence-electron chi connectivity index (χ0n) is 8.15. The first kappa shape index (κ1) is 9.27. The Hall–Kier alpha value is -0.820. The predicted molar refractivity (Wildman–Crippen MR) is 53.3 cm³/mol. The summed E-state index contributed by atoms with van der Waals surface area (Å²) in [5, 5.41) is 3.33. The van der Waals surface area contributed by atoms with Crippen LogP contribution in [0.15, 0.2) is 18.2 Å². The standard InChI is InChI=1S/C11H17N/c1-4-12-8-11-7-5-6-9(2)10(11)3/h5-7,12H,4,8H2,1-3H3. The van der Waals surface area contributed by atoms with Crippen molar-refractivity contribution in [1.29, 1.82) is 0 Å². The SMILES string of the molecule is CCNCc1cccc(C)c1C. The summed E-state index contributed by atoms with van der Waals surface area (Å²) in [5.41, 5.74) is 4.21. The van der Waals surface area contributed by atoms with Gasteiger partial charge in [0.1, 0.15) is 0 Å². The molecule has 66 valence electrons. The van der Waals surface area contributed by atoms with Crippen molar-refractivity contribution in [3.63, 3.8) is 0 Å². The molecule has 0 saturated heterocycles. The second kappa shape index (κ2) is 4.27. The summed E-state index contributed by atoms with van der Waals surface area (Å²) in [6.45, 7) is 8.50. The molecule has 12 heavy (non-hydrogen) atoms. The third-order valence-electron chi connectivity index (χ3n) is 2.28. The summed E-state index contributed by atoms with van der Waals surface area (Å²) in [7, 11) is 0. The molecule has 1 aromatic rings. The van der Waals surface area contributed by atoms with Gasteiger partial charge in [0, 0.05) is 6.54 Å². The van der Waals surface area contributed by atoms with Crippen LogP contribution < -0.4 is 5.32 Å². The first-order chi connectivity index (χ1) is 5.75. The van der Waals surface area contributed by atoms with Crippen LogP contribution in [-0.4, -0.2) is 6.54 Å². The normalized spacial score (nSPS) is 10.2. The first-order valence-corrected chi connectivity index (χ1v) is 4.51. The van der Waals surface area contributed by atoms with Gasteiger partial charge in [-0.1, -0.05) is 25.1 Å². The molecule has 0 heterocycles. The van der Waals surface area contributed by atoms with Crippen LogP contribution in [0.3, 0.4) is 0 Å². The van der Waals surface area contributed by atoms with Crippen LogP contribution in [0.1, 0.15) is 23.6 Å². The van der Waals surface area contributed by atoms with Crippen LogP contribution >= 0.6 is 0 Å². The lowest BCUT2D eigenvalue weighted by Gasteiger charge is -2.08. The Morgan fingerprint density at radius 1 is 1.25 bits per heavy atom. The molecule has 0 atom stereocenters. The highest BCUT2D eigenvalue weighted by Crippen LogP contribution is 2.11. The molecule has 0 aliphatic rings. The van der Waals surface area contributed by atoms with Crippen LogP contribution in [0.25, 0.3) is 0 Å². The Balaban J connectivity index is 2.78. The number of aryl methyl sites for hydroxylation is 1. The largest absolute Gasteiger partial charge is 0.313 e. The van der Waals surface area contributed by atoms with Crippen molar-refractivity contribution in [3.8, 4) is 0 Å². The van der Waals surface area contributed by atoms with Crippen LogP contribution in [-0.2, 0) is 6.54 Å². The highest BCUT2D eigenvalue weighted by molar-refractivity contribution is 5.32. The average Bonchev–Trinajstić information content (AvgIpc) is 2.08. The first-order valence-electron chi connectivity index (χ1n) is 4.51. The van der Waals surface area contributed by atoms with Gasteiger partial charge in [-0.15, -0.1) is 0 Å². The number of nitrogens with one attached hydrogen (secondary N) is 1. The summed E-state index contributed by atoms with van der Waals surface area (Å²) >= 11 is 0. The fourth-order valence-electron chi connectivity index (χ4n) is 1.26. The quantitative estimate of drug-likeness (QED) is 0.721. The molecule has 0 bridgehead atoms. The lowest BCUT2D eigenvalue weighted by Crippen LogP contribution is -2.12. The van der Waals surface area contributed by atoms with Gasteiger partial charge in [-0.25, -0.2) is 0 Å². The van der Waals surface area contributed by atoms with Gasteiger partial charge in [-0.3, -0.25) is 0 Å². The topological polar surface area (TPSA) is 12.0 Å². The van der Waals surface area contributed by atoms with Gasteiger partial charge >= 0.3 is 0 Å². The molecule has 0 aliphatic heterocycles. The molecule has 0 saturated carbocycles. The van der Waals surface area contributed by atoms with Gasteiger partial charge in [0.25, 0.3) is 0 Å². The lowest BCUT2D eigenvalue weighted by molar-refractivity contribution is 0.723. The third-order valence-corrected chi connectivity index (χ3v) is 2.28. The molecule has 0 radical (unpaired) electrons. The maximum atomic E-state index is 3.33. The van der Waals surface area contributed by atoms with Crippen molar-refractivity contribution in [1.82, 2.24) is 5.32 Å². The van der Waals surface area contributed by atoms with E-state index in [1.807, 2.05) is 0 Å². The minimum atomic E-state index is 0.990. The zero-order valence-corrected chi connectivity index (χ0v) is 8.15. The molecule has 1 nitrogen and oxygen atoms in total. The molecule has 0 aromatic heterocycles. The fraction of sp³-hybridized carbons (Fsp3) is 0.455. The van der Waals surface area contributed by atoms with E-state index in [2.05, 4.69) is 44.3 Å². The Morgan fingerprint density at radius 2 is 2.00 bits per heavy atom. The molecule has 1 rings (SSSR count). The fourth-order valence-corrected chi connectivity index (χ4v) is 1.26. The van der Waals surface area contributed by atoms with E-state index in [4.69, 9.17) is 0 Å². The van der Waals surface area contributed by atoms with Gasteiger partial charge in [0.05, 0.1) is 0 Å². The Labute approximate surface area is 74.8 Å². The molecule has 0 aliphatic carbocycles. The van der Waals surface area contributed by atoms with E-state index < -0.39 is 0 Å². The minimum Gasteiger partial charge on any atom is -0.313 e. The van der Waals surface area contributed by atoms with Crippen molar-refractivity contribution in [2.24, 2.45) is 0 Å². The van der Waals surface area contributed by atoms with Crippen LogP contribution in [0.5, 0.6) is 0 Å². The summed E-state index contributed by atoms with van der Waals surface area (Å²) in [6.07, 6.45) is 0. The van der Waals surface area contributed by atoms with E-state index >= 15 is 0 Å². The molecular weight excluding hydrogens is 146 g/mol. The van der Waals surface area contributed by atoms with E-state index in [0.717, 1.165) is 13.1 Å². The van der Waals surface area contributed by atoms with Crippen molar-refractivity contribution in [3.05, 3.63) is 34.9 Å². The summed E-state index contributed by atoms with van der Waals surface area (Å²) in [6, 6.07) is 6.46. The van der Waals surface area contributed by atoms with Crippen LogP contribution in [0.2, 0.25) is 0 Å². The Bertz CT molecular complexity index is 253. The predicted octanol–water partition coefficient (Wildman–Crippen LogP) is 2.41. The monoisotopic (exact) mass is 163 g/mol. The van der Waals surface area contributed by atoms with E-state index in [-0.39, 0.29) is 0 Å². The summed E-state index contributed by atoms with van der Waals surface area (Å²) < 4.78 is 0. The van der Waals surface area contributed by atoms with Crippen LogP contribution in [0, 0.1) is 13.8 Å². The third kappa shape index (κ3) is 2.08. The van der Waals surface area contributed by atoms with E-state index in [1.165, 1.54) is 16.7 Å². The maximum Gasteiger partial charge on any atom is 0.0208 e.